The Morgan fingerprint density at radius 3 is 2.61 bits per heavy atom. The third-order valence-corrected chi connectivity index (χ3v) is 5.58. The molecule has 0 aliphatic heterocycles. The minimum absolute atomic E-state index is 0.156. The predicted octanol–water partition coefficient (Wildman–Crippen LogP) is 2.82. The lowest BCUT2D eigenvalue weighted by Crippen LogP contribution is -2.12. The smallest absolute Gasteiger partial charge is 0.339 e. The first-order valence-electron chi connectivity index (χ1n) is 6.50. The van der Waals surface area contributed by atoms with E-state index in [4.69, 9.17) is 0 Å². The Kier molecular flexibility index (Phi) is 3.95. The zero-order chi connectivity index (χ0) is 16.6. The highest BCUT2D eigenvalue weighted by Gasteiger charge is 2.22. The molecule has 0 bridgehead atoms. The first kappa shape index (κ1) is 15.7. The summed E-state index contributed by atoms with van der Waals surface area (Å²) in [6.45, 7) is 0. The van der Waals surface area contributed by atoms with Crippen LogP contribution in [0.1, 0.15) is 10.4 Å². The molecule has 23 heavy (non-hydrogen) atoms. The average molecular weight is 395 g/mol. The number of carbonyl (C=O) groups excluding carboxylic acids is 1. The normalized spacial score (nSPS) is 11.6. The van der Waals surface area contributed by atoms with Crippen LogP contribution in [0.4, 0.5) is 0 Å². The lowest BCUT2D eigenvalue weighted by atomic mass is 10.2. The number of nitrogens with zero attached hydrogens (tertiary/aromatic N) is 2. The van der Waals surface area contributed by atoms with Gasteiger partial charge in [0.2, 0.25) is 0 Å². The summed E-state index contributed by atoms with van der Waals surface area (Å²) in [7, 11) is -2.50. The molecule has 0 saturated heterocycles. The van der Waals surface area contributed by atoms with Crippen molar-refractivity contribution in [2.24, 2.45) is 0 Å². The monoisotopic (exact) mass is 394 g/mol. The molecule has 0 N–H and O–H groups in total. The van der Waals surface area contributed by atoms with Gasteiger partial charge in [0, 0.05) is 22.3 Å². The Labute approximate surface area is 140 Å². The molecule has 0 amide bonds. The summed E-state index contributed by atoms with van der Waals surface area (Å²) in [5.74, 6) is -0.537. The first-order valence-corrected chi connectivity index (χ1v) is 8.74. The van der Waals surface area contributed by atoms with Gasteiger partial charge in [0.15, 0.2) is 5.65 Å². The zero-order valence-corrected chi connectivity index (χ0v) is 14.3. The lowest BCUT2D eigenvalue weighted by Gasteiger charge is -2.06. The third kappa shape index (κ3) is 2.64. The van der Waals surface area contributed by atoms with E-state index in [1.807, 2.05) is 0 Å². The molecule has 6 nitrogen and oxygen atoms in total. The number of esters is 1. The minimum atomic E-state index is -3.78. The van der Waals surface area contributed by atoms with E-state index in [1.165, 1.54) is 37.7 Å². The summed E-state index contributed by atoms with van der Waals surface area (Å²) >= 11 is 3.31. The van der Waals surface area contributed by atoms with Crippen LogP contribution in [0.5, 0.6) is 0 Å². The van der Waals surface area contributed by atoms with Crippen molar-refractivity contribution in [3.05, 3.63) is 58.8 Å². The Balaban J connectivity index is 2.22. The van der Waals surface area contributed by atoms with Crippen LogP contribution >= 0.6 is 15.9 Å². The number of ether oxygens (including phenoxy) is 1. The minimum Gasteiger partial charge on any atom is -0.465 e. The fourth-order valence-corrected chi connectivity index (χ4v) is 4.14. The van der Waals surface area contributed by atoms with Gasteiger partial charge in [0.25, 0.3) is 10.0 Å². The largest absolute Gasteiger partial charge is 0.465 e. The van der Waals surface area contributed by atoms with E-state index in [0.717, 1.165) is 3.97 Å². The molecule has 2 aromatic heterocycles. The molecule has 3 rings (SSSR count). The number of carbonyl (C=O) groups is 1. The van der Waals surface area contributed by atoms with E-state index in [2.05, 4.69) is 25.7 Å². The number of aromatic nitrogens is 2. The van der Waals surface area contributed by atoms with E-state index in [-0.39, 0.29) is 16.1 Å². The van der Waals surface area contributed by atoms with E-state index in [9.17, 15) is 13.2 Å². The van der Waals surface area contributed by atoms with Crippen LogP contribution in [-0.4, -0.2) is 30.5 Å². The number of benzene rings is 1. The number of hydrogen-bond acceptors (Lipinski definition) is 5. The number of methoxy groups -OCH3 is 1. The third-order valence-electron chi connectivity index (χ3n) is 3.28. The van der Waals surface area contributed by atoms with Gasteiger partial charge in [-0.3, -0.25) is 0 Å². The van der Waals surface area contributed by atoms with Crippen LogP contribution in [0.25, 0.3) is 11.0 Å². The van der Waals surface area contributed by atoms with E-state index in [1.54, 1.807) is 18.2 Å². The van der Waals surface area contributed by atoms with Gasteiger partial charge in [-0.05, 0) is 34.1 Å². The Bertz CT molecular complexity index is 997. The predicted molar refractivity (Wildman–Crippen MR) is 87.8 cm³/mol. The van der Waals surface area contributed by atoms with Crippen molar-refractivity contribution < 1.29 is 17.9 Å². The van der Waals surface area contributed by atoms with Gasteiger partial charge in [-0.2, -0.15) is 0 Å². The van der Waals surface area contributed by atoms with Crippen molar-refractivity contribution >= 4 is 43.0 Å². The zero-order valence-electron chi connectivity index (χ0n) is 11.9. The van der Waals surface area contributed by atoms with Crippen LogP contribution in [0.2, 0.25) is 0 Å². The summed E-state index contributed by atoms with van der Waals surface area (Å²) in [4.78, 5) is 15.9. The second-order valence-corrected chi connectivity index (χ2v) is 7.35. The van der Waals surface area contributed by atoms with E-state index >= 15 is 0 Å². The van der Waals surface area contributed by atoms with Crippen LogP contribution in [-0.2, 0) is 14.8 Å². The molecule has 0 aliphatic rings. The van der Waals surface area contributed by atoms with Gasteiger partial charge in [-0.15, -0.1) is 0 Å². The molecule has 0 aliphatic carbocycles. The van der Waals surface area contributed by atoms with Crippen LogP contribution in [0, 0.1) is 0 Å². The fraction of sp³-hybridized carbons (Fsp3) is 0.0667. The van der Waals surface area contributed by atoms with Crippen molar-refractivity contribution in [1.82, 2.24) is 8.96 Å². The van der Waals surface area contributed by atoms with Gasteiger partial charge in [-0.1, -0.05) is 18.2 Å². The summed E-state index contributed by atoms with van der Waals surface area (Å²) in [5, 5.41) is 0.507. The first-order chi connectivity index (χ1) is 10.9. The molecule has 0 fully saturated rings. The molecular formula is C15H11BrN2O4S. The molecule has 8 heteroatoms. The number of fused-ring (bicyclic) bond motifs is 1. The van der Waals surface area contributed by atoms with Crippen molar-refractivity contribution in [2.45, 2.75) is 4.90 Å². The van der Waals surface area contributed by atoms with Crippen molar-refractivity contribution in [3.8, 4) is 0 Å². The highest BCUT2D eigenvalue weighted by atomic mass is 79.9. The van der Waals surface area contributed by atoms with Gasteiger partial charge < -0.3 is 4.74 Å². The highest BCUT2D eigenvalue weighted by Crippen LogP contribution is 2.29. The maximum atomic E-state index is 12.7. The van der Waals surface area contributed by atoms with Gasteiger partial charge in [0.05, 0.1) is 17.6 Å². The second kappa shape index (κ2) is 5.78. The van der Waals surface area contributed by atoms with E-state index < -0.39 is 16.0 Å². The number of rotatable bonds is 3. The van der Waals surface area contributed by atoms with Gasteiger partial charge in [-0.25, -0.2) is 22.2 Å². The number of halogens is 1. The number of hydrogen-bond donors (Lipinski definition) is 0. The Morgan fingerprint density at radius 2 is 1.96 bits per heavy atom. The Morgan fingerprint density at radius 1 is 1.26 bits per heavy atom. The molecule has 3 aromatic rings. The average Bonchev–Trinajstić information content (AvgIpc) is 2.92. The van der Waals surface area contributed by atoms with Crippen LogP contribution in [0.3, 0.4) is 0 Å². The summed E-state index contributed by atoms with van der Waals surface area (Å²) < 4.78 is 31.7. The van der Waals surface area contributed by atoms with Crippen molar-refractivity contribution in [3.63, 3.8) is 0 Å². The molecule has 1 aromatic carbocycles. The molecule has 0 radical (unpaired) electrons. The molecule has 2 heterocycles. The summed E-state index contributed by atoms with van der Waals surface area (Å²) in [5.41, 5.74) is 0.476. The quantitative estimate of drug-likeness (QED) is 0.638. The van der Waals surface area contributed by atoms with Gasteiger partial charge in [0.1, 0.15) is 0 Å². The SMILES string of the molecule is COC(=O)c1cnc2c(c1)c(Br)cn2S(=O)(=O)c1ccccc1. The van der Waals surface area contributed by atoms with Crippen molar-refractivity contribution in [1.29, 1.82) is 0 Å². The molecule has 0 atom stereocenters. The van der Waals surface area contributed by atoms with Gasteiger partial charge >= 0.3 is 5.97 Å². The Hall–Kier alpha value is -2.19. The maximum Gasteiger partial charge on any atom is 0.339 e. The molecule has 0 saturated carbocycles. The number of pyridine rings is 1. The molecule has 0 spiro atoms. The summed E-state index contributed by atoms with van der Waals surface area (Å²) in [6.07, 6.45) is 2.71. The maximum absolute atomic E-state index is 12.7. The van der Waals surface area contributed by atoms with Crippen LogP contribution < -0.4 is 0 Å². The fourth-order valence-electron chi connectivity index (χ4n) is 2.16. The molecule has 0 unspecified atom stereocenters. The van der Waals surface area contributed by atoms with E-state index in [0.29, 0.717) is 9.86 Å². The highest BCUT2D eigenvalue weighted by molar-refractivity contribution is 9.10. The van der Waals surface area contributed by atoms with Crippen molar-refractivity contribution in [2.75, 3.05) is 7.11 Å². The molecular weight excluding hydrogens is 384 g/mol. The topological polar surface area (TPSA) is 78.3 Å². The molecule has 118 valence electrons. The standard InChI is InChI=1S/C15H11BrN2O4S/c1-22-15(19)10-7-12-13(16)9-18(14(12)17-8-10)23(20,21)11-5-3-2-4-6-11/h2-9H,1H3. The lowest BCUT2D eigenvalue weighted by molar-refractivity contribution is 0.0600. The second-order valence-electron chi connectivity index (χ2n) is 4.68. The van der Waals surface area contributed by atoms with Crippen LogP contribution in [0.15, 0.2) is 58.2 Å². The summed E-state index contributed by atoms with van der Waals surface area (Å²) in [6, 6.07) is 9.60.